The SMILES string of the molecule is Cc1ccc2c(=O)cc(C(=O)NC[C@H](c3ccc(C(C)(C)C)cc3)N3CCOCC3)oc2c1. The number of hydrogen-bond donors (Lipinski definition) is 1. The second kappa shape index (κ2) is 9.49. The van der Waals surface area contributed by atoms with Gasteiger partial charge in [0.05, 0.1) is 24.6 Å². The van der Waals surface area contributed by atoms with E-state index < -0.39 is 0 Å². The molecule has 1 aliphatic rings. The van der Waals surface area contributed by atoms with Crippen LogP contribution in [0.25, 0.3) is 11.0 Å². The first kappa shape index (κ1) is 23.2. The first-order valence-corrected chi connectivity index (χ1v) is 11.5. The van der Waals surface area contributed by atoms with Gasteiger partial charge in [-0.05, 0) is 41.2 Å². The summed E-state index contributed by atoms with van der Waals surface area (Å²) < 4.78 is 11.3. The molecule has 4 rings (SSSR count). The van der Waals surface area contributed by atoms with Crippen LogP contribution in [-0.2, 0) is 10.2 Å². The minimum atomic E-state index is -0.389. The molecule has 1 saturated heterocycles. The Bertz CT molecular complexity index is 1190. The Balaban J connectivity index is 1.56. The lowest BCUT2D eigenvalue weighted by Gasteiger charge is -2.35. The normalized spacial score (nSPS) is 16.0. The third-order valence-corrected chi connectivity index (χ3v) is 6.21. The molecular formula is C27H32N2O4. The molecule has 1 amide bonds. The number of morpholine rings is 1. The number of nitrogens with one attached hydrogen (secondary N) is 1. The lowest BCUT2D eigenvalue weighted by atomic mass is 9.86. The van der Waals surface area contributed by atoms with Crippen LogP contribution in [0.15, 0.2) is 57.7 Å². The minimum Gasteiger partial charge on any atom is -0.451 e. The quantitative estimate of drug-likeness (QED) is 0.633. The number of carbonyl (C=O) groups is 1. The van der Waals surface area contributed by atoms with E-state index in [0.717, 1.165) is 24.2 Å². The van der Waals surface area contributed by atoms with Gasteiger partial charge in [0.2, 0.25) is 0 Å². The maximum absolute atomic E-state index is 12.9. The number of amides is 1. The Morgan fingerprint density at radius 1 is 1.06 bits per heavy atom. The zero-order chi connectivity index (χ0) is 23.6. The molecule has 1 N–H and O–H groups in total. The van der Waals surface area contributed by atoms with E-state index in [2.05, 4.69) is 55.3 Å². The summed E-state index contributed by atoms with van der Waals surface area (Å²) in [7, 11) is 0. The van der Waals surface area contributed by atoms with E-state index in [1.54, 1.807) is 12.1 Å². The summed E-state index contributed by atoms with van der Waals surface area (Å²) in [5.74, 6) is -0.359. The Morgan fingerprint density at radius 3 is 2.42 bits per heavy atom. The van der Waals surface area contributed by atoms with Crippen molar-refractivity contribution >= 4 is 16.9 Å². The fraction of sp³-hybridized carbons (Fsp3) is 0.407. The summed E-state index contributed by atoms with van der Waals surface area (Å²) in [5, 5.41) is 3.47. The molecule has 174 valence electrons. The fourth-order valence-corrected chi connectivity index (χ4v) is 4.20. The molecule has 33 heavy (non-hydrogen) atoms. The zero-order valence-corrected chi connectivity index (χ0v) is 19.8. The van der Waals surface area contributed by atoms with E-state index in [1.165, 1.54) is 11.6 Å². The topological polar surface area (TPSA) is 71.8 Å². The average Bonchev–Trinajstić information content (AvgIpc) is 2.79. The predicted molar refractivity (Wildman–Crippen MR) is 130 cm³/mol. The molecule has 6 nitrogen and oxygen atoms in total. The molecule has 6 heteroatoms. The molecule has 0 unspecified atom stereocenters. The van der Waals surface area contributed by atoms with Crippen LogP contribution in [0.1, 0.15) is 54.1 Å². The summed E-state index contributed by atoms with van der Waals surface area (Å²) in [5.41, 5.74) is 3.66. The minimum absolute atomic E-state index is 0.00120. The van der Waals surface area contributed by atoms with E-state index in [0.29, 0.717) is 30.7 Å². The van der Waals surface area contributed by atoms with Crippen LogP contribution in [0.3, 0.4) is 0 Å². The maximum Gasteiger partial charge on any atom is 0.287 e. The van der Waals surface area contributed by atoms with E-state index in [-0.39, 0.29) is 28.6 Å². The van der Waals surface area contributed by atoms with Crippen molar-refractivity contribution in [2.24, 2.45) is 0 Å². The fourth-order valence-electron chi connectivity index (χ4n) is 4.20. The highest BCUT2D eigenvalue weighted by atomic mass is 16.5. The van der Waals surface area contributed by atoms with E-state index in [4.69, 9.17) is 9.15 Å². The van der Waals surface area contributed by atoms with Crippen molar-refractivity contribution in [3.8, 4) is 0 Å². The van der Waals surface area contributed by atoms with Gasteiger partial charge in [-0.25, -0.2) is 0 Å². The van der Waals surface area contributed by atoms with Crippen LogP contribution in [0.2, 0.25) is 0 Å². The van der Waals surface area contributed by atoms with E-state index in [9.17, 15) is 9.59 Å². The smallest absolute Gasteiger partial charge is 0.287 e. The lowest BCUT2D eigenvalue weighted by Crippen LogP contribution is -2.43. The van der Waals surface area contributed by atoms with Gasteiger partial charge < -0.3 is 14.5 Å². The molecule has 1 aliphatic heterocycles. The van der Waals surface area contributed by atoms with Gasteiger partial charge in [0.25, 0.3) is 5.91 Å². The van der Waals surface area contributed by atoms with Gasteiger partial charge in [-0.3, -0.25) is 14.5 Å². The van der Waals surface area contributed by atoms with Gasteiger partial charge in [-0.15, -0.1) is 0 Å². The van der Waals surface area contributed by atoms with Crippen molar-refractivity contribution in [1.82, 2.24) is 10.2 Å². The van der Waals surface area contributed by atoms with Crippen molar-refractivity contribution in [3.63, 3.8) is 0 Å². The molecule has 0 saturated carbocycles. The molecule has 1 fully saturated rings. The summed E-state index contributed by atoms with van der Waals surface area (Å²) in [6.45, 7) is 11.8. The van der Waals surface area contributed by atoms with Crippen LogP contribution in [0.4, 0.5) is 0 Å². The first-order chi connectivity index (χ1) is 15.7. The number of hydrogen-bond acceptors (Lipinski definition) is 5. The molecule has 2 heterocycles. The van der Waals surface area contributed by atoms with Crippen molar-refractivity contribution < 1.29 is 13.9 Å². The Labute approximate surface area is 194 Å². The van der Waals surface area contributed by atoms with Crippen LogP contribution < -0.4 is 10.7 Å². The first-order valence-electron chi connectivity index (χ1n) is 11.5. The van der Waals surface area contributed by atoms with E-state index >= 15 is 0 Å². The summed E-state index contributed by atoms with van der Waals surface area (Å²) in [4.78, 5) is 27.7. The van der Waals surface area contributed by atoms with Crippen molar-refractivity contribution in [2.75, 3.05) is 32.8 Å². The molecule has 1 aromatic heterocycles. The predicted octanol–water partition coefficient (Wildman–Crippen LogP) is 4.20. The third kappa shape index (κ3) is 5.34. The highest BCUT2D eigenvalue weighted by molar-refractivity contribution is 5.93. The molecule has 3 aromatic rings. The third-order valence-electron chi connectivity index (χ3n) is 6.21. The summed E-state index contributed by atoms with van der Waals surface area (Å²) in [6, 6.07) is 15.3. The largest absolute Gasteiger partial charge is 0.451 e. The number of nitrogens with zero attached hydrogens (tertiary/aromatic N) is 1. The van der Waals surface area contributed by atoms with Crippen LogP contribution >= 0.6 is 0 Å². The second-order valence-electron chi connectivity index (χ2n) is 9.72. The monoisotopic (exact) mass is 448 g/mol. The van der Waals surface area contributed by atoms with Crippen molar-refractivity contribution in [1.29, 1.82) is 0 Å². The van der Waals surface area contributed by atoms with E-state index in [1.807, 2.05) is 13.0 Å². The summed E-state index contributed by atoms with van der Waals surface area (Å²) >= 11 is 0. The van der Waals surface area contributed by atoms with Gasteiger partial charge in [0, 0.05) is 25.7 Å². The van der Waals surface area contributed by atoms with Gasteiger partial charge in [0.1, 0.15) is 5.58 Å². The molecule has 0 bridgehead atoms. The number of aryl methyl sites for hydroxylation is 1. The Morgan fingerprint density at radius 2 is 1.76 bits per heavy atom. The van der Waals surface area contributed by atoms with Crippen molar-refractivity contribution in [3.05, 3.63) is 81.2 Å². The molecule has 0 aliphatic carbocycles. The number of fused-ring (bicyclic) bond motifs is 1. The number of benzene rings is 2. The lowest BCUT2D eigenvalue weighted by molar-refractivity contribution is 0.0161. The average molecular weight is 449 g/mol. The molecular weight excluding hydrogens is 416 g/mol. The highest BCUT2D eigenvalue weighted by Crippen LogP contribution is 2.27. The Hall–Kier alpha value is -2.96. The van der Waals surface area contributed by atoms with Crippen LogP contribution in [0, 0.1) is 6.92 Å². The number of rotatable bonds is 5. The van der Waals surface area contributed by atoms with Crippen LogP contribution in [0.5, 0.6) is 0 Å². The standard InChI is InChI=1S/C27H32N2O4/c1-18-5-10-21-23(30)16-25(33-24(21)15-18)26(31)28-17-22(29-11-13-32-14-12-29)19-6-8-20(9-7-19)27(2,3)4/h5-10,15-16,22H,11-14,17H2,1-4H3,(H,28,31)/t22-/m1/s1. The zero-order valence-electron chi connectivity index (χ0n) is 19.8. The van der Waals surface area contributed by atoms with Gasteiger partial charge in [0.15, 0.2) is 11.2 Å². The molecule has 0 spiro atoms. The van der Waals surface area contributed by atoms with Gasteiger partial charge in [-0.2, -0.15) is 0 Å². The molecule has 2 aromatic carbocycles. The number of carbonyl (C=O) groups excluding carboxylic acids is 1. The summed E-state index contributed by atoms with van der Waals surface area (Å²) in [6.07, 6.45) is 0. The number of ether oxygens (including phenoxy) is 1. The van der Waals surface area contributed by atoms with Crippen molar-refractivity contribution in [2.45, 2.75) is 39.2 Å². The molecule has 1 atom stereocenters. The van der Waals surface area contributed by atoms with Crippen LogP contribution in [-0.4, -0.2) is 43.7 Å². The Kier molecular flexibility index (Phi) is 6.68. The maximum atomic E-state index is 12.9. The van der Waals surface area contributed by atoms with Gasteiger partial charge >= 0.3 is 0 Å². The van der Waals surface area contributed by atoms with Gasteiger partial charge in [-0.1, -0.05) is 51.1 Å². The second-order valence-corrected chi connectivity index (χ2v) is 9.72. The highest BCUT2D eigenvalue weighted by Gasteiger charge is 2.25. The molecule has 0 radical (unpaired) electrons.